The van der Waals surface area contributed by atoms with Crippen molar-refractivity contribution in [2.75, 3.05) is 19.7 Å². The second kappa shape index (κ2) is 9.57. The predicted molar refractivity (Wildman–Crippen MR) is 112 cm³/mol. The zero-order chi connectivity index (χ0) is 21.7. The van der Waals surface area contributed by atoms with Crippen molar-refractivity contribution >= 4 is 15.9 Å². The topological polar surface area (TPSA) is 75.7 Å². The van der Waals surface area contributed by atoms with Gasteiger partial charge >= 0.3 is 0 Å². The van der Waals surface area contributed by atoms with Gasteiger partial charge in [0.25, 0.3) is 0 Å². The van der Waals surface area contributed by atoms with E-state index in [-0.39, 0.29) is 28.6 Å². The van der Waals surface area contributed by atoms with Gasteiger partial charge in [0.1, 0.15) is 11.6 Å². The average Bonchev–Trinajstić information content (AvgIpc) is 2.75. The Morgan fingerprint density at radius 3 is 2.30 bits per heavy atom. The van der Waals surface area contributed by atoms with Gasteiger partial charge in [-0.3, -0.25) is 4.79 Å². The lowest BCUT2D eigenvalue weighted by atomic mass is 9.96. The number of carbonyl (C=O) groups is 1. The lowest BCUT2D eigenvalue weighted by Gasteiger charge is -2.31. The molecule has 1 N–H and O–H groups in total. The SMILES string of the molecule is CCOc1ccc(S(=O)(=O)N2CCC(C(=O)NC(C)c3ccc(F)cc3)CC2)cc1. The Morgan fingerprint density at radius 2 is 1.73 bits per heavy atom. The summed E-state index contributed by atoms with van der Waals surface area (Å²) in [6.07, 6.45) is 0.913. The zero-order valence-electron chi connectivity index (χ0n) is 17.2. The van der Waals surface area contributed by atoms with Crippen LogP contribution in [-0.4, -0.2) is 38.3 Å². The first-order valence-corrected chi connectivity index (χ1v) is 11.5. The summed E-state index contributed by atoms with van der Waals surface area (Å²) in [5.41, 5.74) is 0.820. The van der Waals surface area contributed by atoms with Crippen LogP contribution < -0.4 is 10.1 Å². The van der Waals surface area contributed by atoms with E-state index in [1.165, 1.54) is 16.4 Å². The first-order chi connectivity index (χ1) is 14.3. The van der Waals surface area contributed by atoms with Crippen molar-refractivity contribution in [3.8, 4) is 5.75 Å². The van der Waals surface area contributed by atoms with Crippen molar-refractivity contribution in [3.05, 3.63) is 59.9 Å². The molecule has 1 aliphatic heterocycles. The van der Waals surface area contributed by atoms with Gasteiger partial charge in [-0.05, 0) is 68.7 Å². The molecular formula is C22H27FN2O4S. The van der Waals surface area contributed by atoms with Crippen molar-refractivity contribution in [1.82, 2.24) is 9.62 Å². The van der Waals surface area contributed by atoms with Crippen molar-refractivity contribution in [2.45, 2.75) is 37.6 Å². The Balaban J connectivity index is 1.56. The molecule has 1 saturated heterocycles. The van der Waals surface area contributed by atoms with Gasteiger partial charge in [-0.15, -0.1) is 0 Å². The molecule has 30 heavy (non-hydrogen) atoms. The van der Waals surface area contributed by atoms with Gasteiger partial charge in [-0.2, -0.15) is 4.31 Å². The molecule has 6 nitrogen and oxygen atoms in total. The maximum absolute atomic E-state index is 13.1. The number of sulfonamides is 1. The lowest BCUT2D eigenvalue weighted by molar-refractivity contribution is -0.126. The summed E-state index contributed by atoms with van der Waals surface area (Å²) in [6, 6.07) is 12.2. The first kappa shape index (κ1) is 22.2. The summed E-state index contributed by atoms with van der Waals surface area (Å²) in [4.78, 5) is 12.8. The fourth-order valence-electron chi connectivity index (χ4n) is 3.55. The highest BCUT2D eigenvalue weighted by Crippen LogP contribution is 2.26. The van der Waals surface area contributed by atoms with Gasteiger partial charge in [0.2, 0.25) is 15.9 Å². The van der Waals surface area contributed by atoms with Gasteiger partial charge in [0.15, 0.2) is 0 Å². The van der Waals surface area contributed by atoms with Gasteiger partial charge < -0.3 is 10.1 Å². The summed E-state index contributed by atoms with van der Waals surface area (Å²) in [5.74, 6) is -0.0508. The van der Waals surface area contributed by atoms with E-state index in [4.69, 9.17) is 4.74 Å². The quantitative estimate of drug-likeness (QED) is 0.724. The van der Waals surface area contributed by atoms with E-state index in [2.05, 4.69) is 5.32 Å². The maximum atomic E-state index is 13.1. The Labute approximate surface area is 177 Å². The van der Waals surface area contributed by atoms with Crippen molar-refractivity contribution in [3.63, 3.8) is 0 Å². The molecule has 0 bridgehead atoms. The van der Waals surface area contributed by atoms with E-state index >= 15 is 0 Å². The molecule has 0 saturated carbocycles. The van der Waals surface area contributed by atoms with Crippen LogP contribution in [0.25, 0.3) is 0 Å². The normalized spacial score (nSPS) is 16.8. The number of ether oxygens (including phenoxy) is 1. The highest BCUT2D eigenvalue weighted by molar-refractivity contribution is 7.89. The van der Waals surface area contributed by atoms with E-state index in [1.54, 1.807) is 36.4 Å². The second-order valence-corrected chi connectivity index (χ2v) is 9.30. The maximum Gasteiger partial charge on any atom is 0.243 e. The fourth-order valence-corrected chi connectivity index (χ4v) is 5.02. The van der Waals surface area contributed by atoms with Crippen LogP contribution in [0.1, 0.15) is 38.3 Å². The van der Waals surface area contributed by atoms with Crippen molar-refractivity contribution < 1.29 is 22.3 Å². The van der Waals surface area contributed by atoms with Crippen LogP contribution in [0.5, 0.6) is 5.75 Å². The molecule has 1 atom stereocenters. The minimum absolute atomic E-state index is 0.107. The smallest absolute Gasteiger partial charge is 0.243 e. The van der Waals surface area contributed by atoms with Crippen LogP contribution >= 0.6 is 0 Å². The number of hydrogen-bond acceptors (Lipinski definition) is 4. The molecular weight excluding hydrogens is 407 g/mol. The molecule has 0 aromatic heterocycles. The number of hydrogen-bond donors (Lipinski definition) is 1. The first-order valence-electron chi connectivity index (χ1n) is 10.1. The van der Waals surface area contributed by atoms with Crippen molar-refractivity contribution in [2.24, 2.45) is 5.92 Å². The summed E-state index contributed by atoms with van der Waals surface area (Å²) >= 11 is 0. The standard InChI is InChI=1S/C22H27FN2O4S/c1-3-29-20-8-10-21(11-9-20)30(27,28)25-14-12-18(13-15-25)22(26)24-16(2)17-4-6-19(23)7-5-17/h4-11,16,18H,3,12-15H2,1-2H3,(H,24,26). The van der Waals surface area contributed by atoms with E-state index < -0.39 is 10.0 Å². The number of carbonyl (C=O) groups excluding carboxylic acids is 1. The molecule has 3 rings (SSSR count). The Kier molecular flexibility index (Phi) is 7.10. The molecule has 162 valence electrons. The molecule has 8 heteroatoms. The minimum Gasteiger partial charge on any atom is -0.494 e. The number of halogens is 1. The molecule has 2 aromatic rings. The molecule has 1 fully saturated rings. The molecule has 1 heterocycles. The lowest BCUT2D eigenvalue weighted by Crippen LogP contribution is -2.43. The minimum atomic E-state index is -3.60. The Hall–Kier alpha value is -2.45. The van der Waals surface area contributed by atoms with Gasteiger partial charge in [0.05, 0.1) is 17.5 Å². The molecule has 1 unspecified atom stereocenters. The van der Waals surface area contributed by atoms with E-state index in [0.29, 0.717) is 38.3 Å². The van der Waals surface area contributed by atoms with Crippen LogP contribution in [0.3, 0.4) is 0 Å². The summed E-state index contributed by atoms with van der Waals surface area (Å²) in [6.45, 7) is 4.81. The number of benzene rings is 2. The van der Waals surface area contributed by atoms with Crippen molar-refractivity contribution in [1.29, 1.82) is 0 Å². The number of nitrogens with one attached hydrogen (secondary N) is 1. The van der Waals surface area contributed by atoms with Gasteiger partial charge in [-0.25, -0.2) is 12.8 Å². The highest BCUT2D eigenvalue weighted by atomic mass is 32.2. The van der Waals surface area contributed by atoms with Gasteiger partial charge in [-0.1, -0.05) is 12.1 Å². The fraction of sp³-hybridized carbons (Fsp3) is 0.409. The zero-order valence-corrected chi connectivity index (χ0v) is 18.0. The molecule has 2 aromatic carbocycles. The van der Waals surface area contributed by atoms with Crippen LogP contribution in [0.2, 0.25) is 0 Å². The number of nitrogens with zero attached hydrogens (tertiary/aromatic N) is 1. The Bertz CT molecular complexity index is 954. The van der Waals surface area contributed by atoms with E-state index in [9.17, 15) is 17.6 Å². The third kappa shape index (κ3) is 5.17. The third-order valence-electron chi connectivity index (χ3n) is 5.33. The third-order valence-corrected chi connectivity index (χ3v) is 7.24. The Morgan fingerprint density at radius 1 is 1.13 bits per heavy atom. The second-order valence-electron chi connectivity index (χ2n) is 7.36. The predicted octanol–water partition coefficient (Wildman–Crippen LogP) is 3.50. The molecule has 1 aliphatic rings. The number of rotatable bonds is 7. The van der Waals surface area contributed by atoms with Crippen LogP contribution in [-0.2, 0) is 14.8 Å². The summed E-state index contributed by atoms with van der Waals surface area (Å²) < 4.78 is 45.6. The van der Waals surface area contributed by atoms with Crippen LogP contribution in [0.4, 0.5) is 4.39 Å². The molecule has 0 spiro atoms. The monoisotopic (exact) mass is 434 g/mol. The number of piperidine rings is 1. The van der Waals surface area contributed by atoms with Gasteiger partial charge in [0, 0.05) is 19.0 Å². The van der Waals surface area contributed by atoms with Crippen LogP contribution in [0.15, 0.2) is 53.4 Å². The number of amides is 1. The molecule has 1 amide bonds. The molecule has 0 aliphatic carbocycles. The largest absolute Gasteiger partial charge is 0.494 e. The average molecular weight is 435 g/mol. The van der Waals surface area contributed by atoms with Crippen LogP contribution in [0, 0.1) is 11.7 Å². The van der Waals surface area contributed by atoms with E-state index in [1.807, 2.05) is 13.8 Å². The summed E-state index contributed by atoms with van der Waals surface area (Å²) in [7, 11) is -3.60. The van der Waals surface area contributed by atoms with E-state index in [0.717, 1.165) is 5.56 Å². The molecule has 0 radical (unpaired) electrons. The highest BCUT2D eigenvalue weighted by Gasteiger charge is 2.32. The summed E-state index contributed by atoms with van der Waals surface area (Å²) in [5, 5.41) is 2.95.